The highest BCUT2D eigenvalue weighted by Crippen LogP contribution is 2.25. The van der Waals surface area contributed by atoms with E-state index in [0.29, 0.717) is 5.69 Å². The third-order valence-electron chi connectivity index (χ3n) is 2.28. The molecule has 4 nitrogen and oxygen atoms in total. The van der Waals surface area contributed by atoms with Crippen molar-refractivity contribution in [2.75, 3.05) is 0 Å². The number of hydrogen-bond donors (Lipinski definition) is 2. The van der Waals surface area contributed by atoms with Crippen LogP contribution >= 0.6 is 11.8 Å². The molecule has 0 atom stereocenters. The minimum Gasteiger partial charge on any atom is -0.382 e. The number of rotatable bonds is 3. The zero-order valence-electron chi connectivity index (χ0n) is 10.3. The molecule has 0 saturated carbocycles. The Morgan fingerprint density at radius 1 is 1.17 bits per heavy atom. The van der Waals surface area contributed by atoms with Crippen molar-refractivity contribution in [3.63, 3.8) is 0 Å². The molecule has 2 rings (SSSR count). The molecule has 0 aromatic carbocycles. The normalized spacial score (nSPS) is 10.3. The van der Waals surface area contributed by atoms with Gasteiger partial charge in [-0.2, -0.15) is 0 Å². The van der Waals surface area contributed by atoms with Crippen LogP contribution in [0.25, 0.3) is 0 Å². The van der Waals surface area contributed by atoms with Gasteiger partial charge in [0.2, 0.25) is 0 Å². The van der Waals surface area contributed by atoms with Crippen LogP contribution in [0, 0.1) is 19.3 Å². The summed E-state index contributed by atoms with van der Waals surface area (Å²) in [5.41, 5.74) is 8.07. The Morgan fingerprint density at radius 2 is 1.94 bits per heavy atom. The molecule has 5 heteroatoms. The van der Waals surface area contributed by atoms with E-state index in [-0.39, 0.29) is 5.84 Å². The third kappa shape index (κ3) is 3.07. The number of aryl methyl sites for hydroxylation is 2. The minimum absolute atomic E-state index is 0.0224. The third-order valence-corrected chi connectivity index (χ3v) is 3.14. The van der Waals surface area contributed by atoms with Crippen LogP contribution in [0.4, 0.5) is 0 Å². The lowest BCUT2D eigenvalue weighted by molar-refractivity contribution is 1.03. The predicted molar refractivity (Wildman–Crippen MR) is 73.1 cm³/mol. The van der Waals surface area contributed by atoms with E-state index in [0.717, 1.165) is 15.7 Å². The van der Waals surface area contributed by atoms with Gasteiger partial charge in [-0.15, -0.1) is 0 Å². The maximum absolute atomic E-state index is 7.37. The molecule has 0 aliphatic carbocycles. The largest absolute Gasteiger partial charge is 0.382 e. The van der Waals surface area contributed by atoms with Crippen molar-refractivity contribution < 1.29 is 0 Å². The van der Waals surface area contributed by atoms with Crippen molar-refractivity contribution >= 4 is 17.6 Å². The maximum Gasteiger partial charge on any atom is 0.141 e. The van der Waals surface area contributed by atoms with Crippen LogP contribution in [0.15, 0.2) is 40.4 Å². The van der Waals surface area contributed by atoms with Gasteiger partial charge in [0.1, 0.15) is 21.6 Å². The van der Waals surface area contributed by atoms with Crippen molar-refractivity contribution in [3.05, 3.63) is 47.3 Å². The molecule has 2 aromatic heterocycles. The van der Waals surface area contributed by atoms with Gasteiger partial charge in [-0.05, 0) is 43.7 Å². The molecule has 0 saturated heterocycles. The van der Waals surface area contributed by atoms with Gasteiger partial charge in [-0.25, -0.2) is 9.97 Å². The molecule has 0 spiro atoms. The van der Waals surface area contributed by atoms with Crippen molar-refractivity contribution in [2.45, 2.75) is 23.9 Å². The average molecular weight is 258 g/mol. The number of nitrogens with zero attached hydrogens (tertiary/aromatic N) is 2. The molecule has 0 radical (unpaired) electrons. The SMILES string of the molecule is Cc1cc(C)nc(Sc2cccc(C(=N)N)n2)c1. The Kier molecular flexibility index (Phi) is 3.62. The van der Waals surface area contributed by atoms with Gasteiger partial charge in [-0.3, -0.25) is 5.41 Å². The van der Waals surface area contributed by atoms with Gasteiger partial charge >= 0.3 is 0 Å². The van der Waals surface area contributed by atoms with Crippen LogP contribution in [0.1, 0.15) is 17.0 Å². The predicted octanol–water partition coefficient (Wildman–Crippen LogP) is 2.53. The Balaban J connectivity index is 2.28. The van der Waals surface area contributed by atoms with Gasteiger partial charge in [0.05, 0.1) is 0 Å². The number of hydrogen-bond acceptors (Lipinski definition) is 4. The summed E-state index contributed by atoms with van der Waals surface area (Å²) in [6.45, 7) is 4.01. The lowest BCUT2D eigenvalue weighted by atomic mass is 10.3. The number of nitrogens with two attached hydrogens (primary N) is 1. The molecule has 18 heavy (non-hydrogen) atoms. The molecule has 3 N–H and O–H groups in total. The highest BCUT2D eigenvalue weighted by Gasteiger charge is 2.04. The Bertz CT molecular complexity index is 575. The smallest absolute Gasteiger partial charge is 0.141 e. The lowest BCUT2D eigenvalue weighted by Gasteiger charge is -2.04. The zero-order valence-corrected chi connectivity index (χ0v) is 11.1. The summed E-state index contributed by atoms with van der Waals surface area (Å²) >= 11 is 1.47. The first kappa shape index (κ1) is 12.6. The molecule has 0 unspecified atom stereocenters. The first-order chi connectivity index (χ1) is 8.54. The van der Waals surface area contributed by atoms with E-state index >= 15 is 0 Å². The molecule has 0 aliphatic heterocycles. The first-order valence-corrected chi connectivity index (χ1v) is 6.31. The fourth-order valence-electron chi connectivity index (χ4n) is 1.59. The Hall–Kier alpha value is -1.88. The summed E-state index contributed by atoms with van der Waals surface area (Å²) in [5, 5.41) is 9.07. The summed E-state index contributed by atoms with van der Waals surface area (Å²) in [6.07, 6.45) is 0. The zero-order chi connectivity index (χ0) is 13.1. The number of nitrogen functional groups attached to an aromatic ring is 1. The van der Waals surface area contributed by atoms with Gasteiger partial charge in [0.25, 0.3) is 0 Å². The molecule has 2 heterocycles. The van der Waals surface area contributed by atoms with Crippen LogP contribution in [0.5, 0.6) is 0 Å². The van der Waals surface area contributed by atoms with Crippen molar-refractivity contribution in [3.8, 4) is 0 Å². The van der Waals surface area contributed by atoms with Gasteiger partial charge < -0.3 is 5.73 Å². The van der Waals surface area contributed by atoms with Crippen LogP contribution in [0.3, 0.4) is 0 Å². The molecule has 0 aliphatic rings. The fraction of sp³-hybridized carbons (Fsp3) is 0.154. The fourth-order valence-corrected chi connectivity index (χ4v) is 2.52. The van der Waals surface area contributed by atoms with Crippen molar-refractivity contribution in [1.29, 1.82) is 5.41 Å². The summed E-state index contributed by atoms with van der Waals surface area (Å²) in [5.74, 6) is -0.0224. The number of aromatic nitrogens is 2. The van der Waals surface area contributed by atoms with E-state index in [1.54, 1.807) is 6.07 Å². The maximum atomic E-state index is 7.37. The number of pyridine rings is 2. The molecular formula is C13H14N4S. The van der Waals surface area contributed by atoms with E-state index in [2.05, 4.69) is 9.97 Å². The highest BCUT2D eigenvalue weighted by atomic mass is 32.2. The minimum atomic E-state index is -0.0224. The van der Waals surface area contributed by atoms with Gasteiger partial charge in [0.15, 0.2) is 0 Å². The van der Waals surface area contributed by atoms with E-state index in [9.17, 15) is 0 Å². The van der Waals surface area contributed by atoms with Gasteiger partial charge in [-0.1, -0.05) is 17.8 Å². The topological polar surface area (TPSA) is 75.7 Å². The van der Waals surface area contributed by atoms with Crippen molar-refractivity contribution in [1.82, 2.24) is 9.97 Å². The molecule has 2 aromatic rings. The Labute approximate surface area is 110 Å². The molecule has 0 bridgehead atoms. The van der Waals surface area contributed by atoms with Crippen LogP contribution < -0.4 is 5.73 Å². The van der Waals surface area contributed by atoms with E-state index in [4.69, 9.17) is 11.1 Å². The van der Waals surface area contributed by atoms with E-state index in [1.807, 2.05) is 38.1 Å². The van der Waals surface area contributed by atoms with Crippen LogP contribution in [-0.4, -0.2) is 15.8 Å². The second-order valence-electron chi connectivity index (χ2n) is 4.00. The average Bonchev–Trinajstić information content (AvgIpc) is 2.27. The summed E-state index contributed by atoms with van der Waals surface area (Å²) in [4.78, 5) is 8.74. The lowest BCUT2D eigenvalue weighted by Crippen LogP contribution is -2.13. The molecule has 0 amide bonds. The monoisotopic (exact) mass is 258 g/mol. The Morgan fingerprint density at radius 3 is 2.61 bits per heavy atom. The quantitative estimate of drug-likeness (QED) is 0.655. The van der Waals surface area contributed by atoms with E-state index < -0.39 is 0 Å². The standard InChI is InChI=1S/C13H14N4S/c1-8-6-9(2)16-12(7-8)18-11-5-3-4-10(17-11)13(14)15/h3-7H,1-2H3,(H3,14,15). The second kappa shape index (κ2) is 5.18. The van der Waals surface area contributed by atoms with Crippen LogP contribution in [0.2, 0.25) is 0 Å². The number of amidine groups is 1. The summed E-state index contributed by atoms with van der Waals surface area (Å²) in [6, 6.07) is 9.50. The first-order valence-electron chi connectivity index (χ1n) is 5.49. The molecule has 92 valence electrons. The second-order valence-corrected chi connectivity index (χ2v) is 5.04. The van der Waals surface area contributed by atoms with Crippen molar-refractivity contribution in [2.24, 2.45) is 5.73 Å². The molecule has 0 fully saturated rings. The summed E-state index contributed by atoms with van der Waals surface area (Å²) in [7, 11) is 0. The molecular weight excluding hydrogens is 244 g/mol. The van der Waals surface area contributed by atoms with Crippen LogP contribution in [-0.2, 0) is 0 Å². The summed E-state index contributed by atoms with van der Waals surface area (Å²) < 4.78 is 0. The van der Waals surface area contributed by atoms with E-state index in [1.165, 1.54) is 17.3 Å². The van der Waals surface area contributed by atoms with Gasteiger partial charge in [0, 0.05) is 5.69 Å². The number of nitrogens with one attached hydrogen (secondary N) is 1. The highest BCUT2D eigenvalue weighted by molar-refractivity contribution is 7.99.